The molecule has 1 fully saturated rings. The maximum atomic E-state index is 12.7. The second kappa shape index (κ2) is 7.51. The zero-order chi connectivity index (χ0) is 18.7. The van der Waals surface area contributed by atoms with Gasteiger partial charge in [0.2, 0.25) is 0 Å². The molecule has 0 bridgehead atoms. The van der Waals surface area contributed by atoms with Crippen LogP contribution < -0.4 is 4.74 Å². The SMILES string of the molecule is COc1cccc(-c2ccc(C(=O)N3CCN(C(=O)N(C)C)CC3)o2)c1. The molecule has 1 aliphatic heterocycles. The second-order valence-electron chi connectivity index (χ2n) is 6.35. The van der Waals surface area contributed by atoms with Gasteiger partial charge < -0.3 is 23.9 Å². The van der Waals surface area contributed by atoms with E-state index in [4.69, 9.17) is 9.15 Å². The Kier molecular flexibility index (Phi) is 5.16. The summed E-state index contributed by atoms with van der Waals surface area (Å²) in [6, 6.07) is 10.9. The monoisotopic (exact) mass is 357 g/mol. The zero-order valence-electron chi connectivity index (χ0n) is 15.3. The molecule has 1 saturated heterocycles. The number of hydrogen-bond donors (Lipinski definition) is 0. The number of amides is 3. The first-order valence-electron chi connectivity index (χ1n) is 8.49. The first kappa shape index (κ1) is 17.8. The van der Waals surface area contributed by atoms with Crippen LogP contribution in [0.1, 0.15) is 10.6 Å². The third-order valence-corrected chi connectivity index (χ3v) is 4.39. The third-order valence-electron chi connectivity index (χ3n) is 4.39. The minimum absolute atomic E-state index is 0.0320. The highest BCUT2D eigenvalue weighted by atomic mass is 16.5. The molecule has 0 aliphatic carbocycles. The molecule has 0 unspecified atom stereocenters. The van der Waals surface area contributed by atoms with Crippen LogP contribution in [-0.4, -0.2) is 74.0 Å². The van der Waals surface area contributed by atoms with Crippen molar-refractivity contribution in [3.05, 3.63) is 42.2 Å². The number of urea groups is 1. The summed E-state index contributed by atoms with van der Waals surface area (Å²) >= 11 is 0. The Bertz CT molecular complexity index is 792. The number of furan rings is 1. The highest BCUT2D eigenvalue weighted by molar-refractivity contribution is 5.92. The fourth-order valence-electron chi connectivity index (χ4n) is 2.92. The molecule has 0 atom stereocenters. The van der Waals surface area contributed by atoms with Crippen molar-refractivity contribution >= 4 is 11.9 Å². The number of ether oxygens (including phenoxy) is 1. The Morgan fingerprint density at radius 3 is 2.38 bits per heavy atom. The van der Waals surface area contributed by atoms with Crippen molar-refractivity contribution in [2.75, 3.05) is 47.4 Å². The van der Waals surface area contributed by atoms with Crippen molar-refractivity contribution in [1.82, 2.24) is 14.7 Å². The van der Waals surface area contributed by atoms with Crippen molar-refractivity contribution in [3.8, 4) is 17.1 Å². The maximum absolute atomic E-state index is 12.7. The zero-order valence-corrected chi connectivity index (χ0v) is 15.3. The van der Waals surface area contributed by atoms with Gasteiger partial charge in [0.15, 0.2) is 5.76 Å². The second-order valence-corrected chi connectivity index (χ2v) is 6.35. The molecule has 1 aromatic carbocycles. The average molecular weight is 357 g/mol. The highest BCUT2D eigenvalue weighted by Gasteiger charge is 2.27. The van der Waals surface area contributed by atoms with E-state index in [1.54, 1.807) is 48.0 Å². The maximum Gasteiger partial charge on any atom is 0.319 e. The summed E-state index contributed by atoms with van der Waals surface area (Å²) in [6.07, 6.45) is 0. The number of nitrogens with zero attached hydrogens (tertiary/aromatic N) is 3. The van der Waals surface area contributed by atoms with Gasteiger partial charge in [-0.25, -0.2) is 4.79 Å². The van der Waals surface area contributed by atoms with Crippen LogP contribution in [0.3, 0.4) is 0 Å². The van der Waals surface area contributed by atoms with Crippen LogP contribution in [0.4, 0.5) is 4.79 Å². The Hall–Kier alpha value is -2.96. The van der Waals surface area contributed by atoms with Crippen LogP contribution in [0.25, 0.3) is 11.3 Å². The van der Waals surface area contributed by atoms with Gasteiger partial charge in [-0.3, -0.25) is 4.79 Å². The van der Waals surface area contributed by atoms with E-state index < -0.39 is 0 Å². The molecule has 7 heteroatoms. The van der Waals surface area contributed by atoms with E-state index in [0.717, 1.165) is 11.3 Å². The van der Waals surface area contributed by atoms with Crippen LogP contribution >= 0.6 is 0 Å². The lowest BCUT2D eigenvalue weighted by Crippen LogP contribution is -2.52. The molecule has 2 heterocycles. The van der Waals surface area contributed by atoms with Gasteiger partial charge in [-0.15, -0.1) is 0 Å². The Labute approximate surface area is 152 Å². The Morgan fingerprint density at radius 2 is 1.73 bits per heavy atom. The summed E-state index contributed by atoms with van der Waals surface area (Å²) in [4.78, 5) is 29.7. The predicted octanol–water partition coefficient (Wildman–Crippen LogP) is 2.39. The first-order valence-corrected chi connectivity index (χ1v) is 8.49. The standard InChI is InChI=1S/C19H23N3O4/c1-20(2)19(24)22-11-9-21(10-12-22)18(23)17-8-7-16(26-17)14-5-4-6-15(13-14)25-3/h4-8,13H,9-12H2,1-3H3. The molecule has 0 spiro atoms. The number of rotatable bonds is 3. The molecule has 7 nitrogen and oxygen atoms in total. The Morgan fingerprint density at radius 1 is 1.04 bits per heavy atom. The largest absolute Gasteiger partial charge is 0.497 e. The van der Waals surface area contributed by atoms with Crippen molar-refractivity contribution in [2.24, 2.45) is 0 Å². The molecule has 0 N–H and O–H groups in total. The lowest BCUT2D eigenvalue weighted by atomic mass is 10.1. The Balaban J connectivity index is 1.66. The van der Waals surface area contributed by atoms with Gasteiger partial charge in [0.1, 0.15) is 11.5 Å². The average Bonchev–Trinajstić information content (AvgIpc) is 3.17. The fraction of sp³-hybridized carbons (Fsp3) is 0.368. The number of piperazine rings is 1. The van der Waals surface area contributed by atoms with E-state index in [2.05, 4.69) is 0 Å². The van der Waals surface area contributed by atoms with Gasteiger partial charge in [0.05, 0.1) is 7.11 Å². The van der Waals surface area contributed by atoms with Crippen molar-refractivity contribution < 1.29 is 18.7 Å². The molecule has 138 valence electrons. The van der Waals surface area contributed by atoms with Crippen LogP contribution in [0, 0.1) is 0 Å². The number of methoxy groups -OCH3 is 1. The van der Waals surface area contributed by atoms with Gasteiger partial charge in [0.25, 0.3) is 5.91 Å². The molecular formula is C19H23N3O4. The van der Waals surface area contributed by atoms with Gasteiger partial charge >= 0.3 is 6.03 Å². The predicted molar refractivity (Wildman–Crippen MR) is 97.3 cm³/mol. The number of carbonyl (C=O) groups excluding carboxylic acids is 2. The van der Waals surface area contributed by atoms with Gasteiger partial charge in [-0.05, 0) is 24.3 Å². The molecule has 2 aromatic rings. The van der Waals surface area contributed by atoms with E-state index in [1.165, 1.54) is 0 Å². The van der Waals surface area contributed by atoms with Crippen molar-refractivity contribution in [3.63, 3.8) is 0 Å². The van der Waals surface area contributed by atoms with Crippen LogP contribution in [0.15, 0.2) is 40.8 Å². The highest BCUT2D eigenvalue weighted by Crippen LogP contribution is 2.26. The van der Waals surface area contributed by atoms with E-state index in [1.807, 2.05) is 24.3 Å². The molecule has 1 aliphatic rings. The summed E-state index contributed by atoms with van der Waals surface area (Å²) in [5.41, 5.74) is 0.852. The summed E-state index contributed by atoms with van der Waals surface area (Å²) in [5.74, 6) is 1.49. The van der Waals surface area contributed by atoms with E-state index >= 15 is 0 Å². The summed E-state index contributed by atoms with van der Waals surface area (Å²) < 4.78 is 11.0. The fourth-order valence-corrected chi connectivity index (χ4v) is 2.92. The lowest BCUT2D eigenvalue weighted by molar-refractivity contribution is 0.0621. The topological polar surface area (TPSA) is 66.2 Å². The van der Waals surface area contributed by atoms with Crippen molar-refractivity contribution in [2.45, 2.75) is 0 Å². The smallest absolute Gasteiger partial charge is 0.319 e. The molecular weight excluding hydrogens is 334 g/mol. The molecule has 1 aromatic heterocycles. The summed E-state index contributed by atoms with van der Waals surface area (Å²) in [7, 11) is 5.06. The first-order chi connectivity index (χ1) is 12.5. The van der Waals surface area contributed by atoms with Crippen molar-refractivity contribution in [1.29, 1.82) is 0 Å². The van der Waals surface area contributed by atoms with Gasteiger partial charge in [-0.1, -0.05) is 12.1 Å². The lowest BCUT2D eigenvalue weighted by Gasteiger charge is -2.35. The molecule has 0 radical (unpaired) electrons. The normalized spacial score (nSPS) is 14.3. The molecule has 3 rings (SSSR count). The number of benzene rings is 1. The van der Waals surface area contributed by atoms with Crippen LogP contribution in [0.2, 0.25) is 0 Å². The van der Waals surface area contributed by atoms with E-state index in [-0.39, 0.29) is 11.9 Å². The van der Waals surface area contributed by atoms with Gasteiger partial charge in [-0.2, -0.15) is 0 Å². The van der Waals surface area contributed by atoms with E-state index in [9.17, 15) is 9.59 Å². The minimum Gasteiger partial charge on any atom is -0.497 e. The van der Waals surface area contributed by atoms with Crippen LogP contribution in [0.5, 0.6) is 5.75 Å². The number of hydrogen-bond acceptors (Lipinski definition) is 4. The minimum atomic E-state index is -0.156. The van der Waals surface area contributed by atoms with Gasteiger partial charge in [0, 0.05) is 45.8 Å². The quantitative estimate of drug-likeness (QED) is 0.846. The van der Waals surface area contributed by atoms with E-state index in [0.29, 0.717) is 37.7 Å². The number of carbonyl (C=O) groups is 2. The summed E-state index contributed by atoms with van der Waals surface area (Å²) in [6.45, 7) is 2.03. The molecule has 26 heavy (non-hydrogen) atoms. The third kappa shape index (κ3) is 3.66. The molecule has 0 saturated carbocycles. The summed E-state index contributed by atoms with van der Waals surface area (Å²) in [5, 5.41) is 0. The van der Waals surface area contributed by atoms with Crippen LogP contribution in [-0.2, 0) is 0 Å². The molecule has 3 amide bonds.